The van der Waals surface area contributed by atoms with Crippen molar-refractivity contribution < 1.29 is 0 Å². The minimum absolute atomic E-state index is 1.00. The molecule has 0 aromatic heterocycles. The molecule has 1 aromatic carbocycles. The van der Waals surface area contributed by atoms with E-state index < -0.39 is 0 Å². The lowest BCUT2D eigenvalue weighted by molar-refractivity contribution is 0.259. The van der Waals surface area contributed by atoms with E-state index >= 15 is 0 Å². The molecule has 0 heterocycles. The summed E-state index contributed by atoms with van der Waals surface area (Å²) in [6, 6.07) is 10.9. The molecule has 0 heteroatoms. The first-order chi connectivity index (χ1) is 7.88. The maximum absolute atomic E-state index is 2.34. The van der Waals surface area contributed by atoms with E-state index in [-0.39, 0.29) is 0 Å². The normalized spacial score (nSPS) is 25.6. The van der Waals surface area contributed by atoms with Crippen LogP contribution in [0.5, 0.6) is 0 Å². The molecule has 0 N–H and O–H groups in total. The van der Waals surface area contributed by atoms with E-state index in [1.54, 1.807) is 0 Å². The molecule has 1 aliphatic carbocycles. The Bertz CT molecular complexity index is 280. The van der Waals surface area contributed by atoms with Gasteiger partial charge in [-0.3, -0.25) is 0 Å². The third-order valence-electron chi connectivity index (χ3n) is 4.23. The van der Waals surface area contributed by atoms with Crippen molar-refractivity contribution in [1.29, 1.82) is 0 Å². The fourth-order valence-electron chi connectivity index (χ4n) is 2.94. The van der Waals surface area contributed by atoms with E-state index in [2.05, 4.69) is 37.3 Å². The highest BCUT2D eigenvalue weighted by Crippen LogP contribution is 2.32. The summed E-state index contributed by atoms with van der Waals surface area (Å²) in [6.45, 7) is 2.34. The second kappa shape index (κ2) is 6.08. The van der Waals surface area contributed by atoms with Gasteiger partial charge < -0.3 is 0 Å². The van der Waals surface area contributed by atoms with E-state index in [9.17, 15) is 0 Å². The molecule has 2 rings (SSSR count). The van der Waals surface area contributed by atoms with Gasteiger partial charge >= 0.3 is 0 Å². The highest BCUT2D eigenvalue weighted by molar-refractivity contribution is 5.14. The van der Waals surface area contributed by atoms with Gasteiger partial charge in [0.1, 0.15) is 0 Å². The highest BCUT2D eigenvalue weighted by atomic mass is 14.2. The molecule has 0 aliphatic heterocycles. The molecule has 1 fully saturated rings. The van der Waals surface area contributed by atoms with Crippen LogP contribution in [0.15, 0.2) is 30.3 Å². The Kier molecular flexibility index (Phi) is 4.44. The zero-order valence-corrected chi connectivity index (χ0v) is 10.5. The topological polar surface area (TPSA) is 0 Å². The van der Waals surface area contributed by atoms with E-state index in [0.717, 1.165) is 11.8 Å². The van der Waals surface area contributed by atoms with Crippen LogP contribution < -0.4 is 0 Å². The Balaban J connectivity index is 1.72. The summed E-state index contributed by atoms with van der Waals surface area (Å²) in [5.41, 5.74) is 1.51. The highest BCUT2D eigenvalue weighted by Gasteiger charge is 2.19. The van der Waals surface area contributed by atoms with Crippen molar-refractivity contribution in [1.82, 2.24) is 0 Å². The number of benzene rings is 1. The summed E-state index contributed by atoms with van der Waals surface area (Å²) >= 11 is 0. The third-order valence-corrected chi connectivity index (χ3v) is 4.23. The molecule has 88 valence electrons. The van der Waals surface area contributed by atoms with Crippen LogP contribution in [-0.2, 0) is 6.42 Å². The van der Waals surface area contributed by atoms with Crippen molar-refractivity contribution in [3.63, 3.8) is 0 Å². The first-order valence-electron chi connectivity index (χ1n) is 6.92. The Morgan fingerprint density at radius 1 is 0.938 bits per heavy atom. The molecular formula is C16H24. The quantitative estimate of drug-likeness (QED) is 0.676. The van der Waals surface area contributed by atoms with Gasteiger partial charge in [-0.15, -0.1) is 0 Å². The lowest BCUT2D eigenvalue weighted by Crippen LogP contribution is -2.14. The first kappa shape index (κ1) is 11.7. The summed E-state index contributed by atoms with van der Waals surface area (Å²) in [7, 11) is 0. The van der Waals surface area contributed by atoms with E-state index in [1.807, 2.05) is 0 Å². The van der Waals surface area contributed by atoms with Crippen molar-refractivity contribution in [2.45, 2.75) is 51.9 Å². The maximum atomic E-state index is 2.34. The van der Waals surface area contributed by atoms with Crippen molar-refractivity contribution in [2.75, 3.05) is 0 Å². The van der Waals surface area contributed by atoms with Gasteiger partial charge in [-0.2, -0.15) is 0 Å². The standard InChI is InChI=1S/C16H24/c1-2-14-8-10-16(11-9-14)13-12-15-6-4-3-5-7-15/h3-7,14,16H,2,8-13H2,1H3/t14-,16-. The number of rotatable bonds is 4. The van der Waals surface area contributed by atoms with Gasteiger partial charge in [0.15, 0.2) is 0 Å². The zero-order valence-electron chi connectivity index (χ0n) is 10.5. The predicted octanol–water partition coefficient (Wildman–Crippen LogP) is 4.84. The minimum Gasteiger partial charge on any atom is -0.0651 e. The van der Waals surface area contributed by atoms with Gasteiger partial charge in [0.2, 0.25) is 0 Å². The van der Waals surface area contributed by atoms with E-state index in [1.165, 1.54) is 50.5 Å². The number of hydrogen-bond donors (Lipinski definition) is 0. The molecule has 0 radical (unpaired) electrons. The zero-order chi connectivity index (χ0) is 11.2. The second-order valence-electron chi connectivity index (χ2n) is 5.32. The number of hydrogen-bond acceptors (Lipinski definition) is 0. The van der Waals surface area contributed by atoms with Gasteiger partial charge in [0.05, 0.1) is 0 Å². The molecule has 0 unspecified atom stereocenters. The molecule has 1 saturated carbocycles. The summed E-state index contributed by atoms with van der Waals surface area (Å²) in [4.78, 5) is 0. The molecule has 1 aliphatic rings. The van der Waals surface area contributed by atoms with Gasteiger partial charge in [-0.05, 0) is 30.2 Å². The van der Waals surface area contributed by atoms with E-state index in [4.69, 9.17) is 0 Å². The van der Waals surface area contributed by atoms with Crippen LogP contribution in [0.1, 0.15) is 51.0 Å². The van der Waals surface area contributed by atoms with Crippen molar-refractivity contribution in [2.24, 2.45) is 11.8 Å². The van der Waals surface area contributed by atoms with Gasteiger partial charge in [0, 0.05) is 0 Å². The second-order valence-corrected chi connectivity index (χ2v) is 5.32. The molecule has 0 spiro atoms. The predicted molar refractivity (Wildman–Crippen MR) is 70.5 cm³/mol. The van der Waals surface area contributed by atoms with Crippen molar-refractivity contribution in [3.8, 4) is 0 Å². The van der Waals surface area contributed by atoms with Gasteiger partial charge in [-0.1, -0.05) is 69.4 Å². The molecular weight excluding hydrogens is 192 g/mol. The van der Waals surface area contributed by atoms with E-state index in [0.29, 0.717) is 0 Å². The van der Waals surface area contributed by atoms with Crippen LogP contribution in [-0.4, -0.2) is 0 Å². The fraction of sp³-hybridized carbons (Fsp3) is 0.625. The fourth-order valence-corrected chi connectivity index (χ4v) is 2.94. The van der Waals surface area contributed by atoms with Crippen LogP contribution in [0.4, 0.5) is 0 Å². The summed E-state index contributed by atoms with van der Waals surface area (Å²) in [5.74, 6) is 2.04. The number of aryl methyl sites for hydroxylation is 1. The molecule has 0 amide bonds. The SMILES string of the molecule is CC[C@H]1CC[C@H](CCc2ccccc2)CC1. The molecule has 0 atom stereocenters. The van der Waals surface area contributed by atoms with Crippen LogP contribution in [0.3, 0.4) is 0 Å². The van der Waals surface area contributed by atoms with Crippen molar-refractivity contribution in [3.05, 3.63) is 35.9 Å². The lowest BCUT2D eigenvalue weighted by atomic mass is 9.78. The third kappa shape index (κ3) is 3.37. The molecule has 0 saturated heterocycles. The molecule has 0 nitrogen and oxygen atoms in total. The van der Waals surface area contributed by atoms with Crippen LogP contribution in [0, 0.1) is 11.8 Å². The Labute approximate surface area is 100 Å². The first-order valence-corrected chi connectivity index (χ1v) is 6.92. The lowest BCUT2D eigenvalue weighted by Gasteiger charge is -2.27. The summed E-state index contributed by atoms with van der Waals surface area (Å²) in [5, 5.41) is 0. The Morgan fingerprint density at radius 2 is 1.56 bits per heavy atom. The molecule has 0 bridgehead atoms. The van der Waals surface area contributed by atoms with Gasteiger partial charge in [-0.25, -0.2) is 0 Å². The smallest absolute Gasteiger partial charge is 0.0276 e. The molecule has 1 aromatic rings. The maximum Gasteiger partial charge on any atom is -0.0276 e. The average molecular weight is 216 g/mol. The van der Waals surface area contributed by atoms with Crippen LogP contribution in [0.25, 0.3) is 0 Å². The minimum atomic E-state index is 1.00. The largest absolute Gasteiger partial charge is 0.0651 e. The molecule has 16 heavy (non-hydrogen) atoms. The Morgan fingerprint density at radius 3 is 2.19 bits per heavy atom. The van der Waals surface area contributed by atoms with Crippen LogP contribution in [0.2, 0.25) is 0 Å². The Hall–Kier alpha value is -0.780. The summed E-state index contributed by atoms with van der Waals surface area (Å²) in [6.07, 6.45) is 10.00. The average Bonchev–Trinajstić information content (AvgIpc) is 2.38. The summed E-state index contributed by atoms with van der Waals surface area (Å²) < 4.78 is 0. The monoisotopic (exact) mass is 216 g/mol. The van der Waals surface area contributed by atoms with Gasteiger partial charge in [0.25, 0.3) is 0 Å². The van der Waals surface area contributed by atoms with Crippen molar-refractivity contribution >= 4 is 0 Å². The van der Waals surface area contributed by atoms with Crippen LogP contribution >= 0.6 is 0 Å².